The van der Waals surface area contributed by atoms with Crippen molar-refractivity contribution in [1.29, 1.82) is 0 Å². The molecule has 0 radical (unpaired) electrons. The van der Waals surface area contributed by atoms with Gasteiger partial charge in [-0.1, -0.05) is 48.5 Å². The fourth-order valence-corrected chi connectivity index (χ4v) is 2.87. The number of hydrogen-bond donors (Lipinski definition) is 1. The van der Waals surface area contributed by atoms with E-state index < -0.39 is 0 Å². The minimum absolute atomic E-state index is 0.106. The predicted octanol–water partition coefficient (Wildman–Crippen LogP) is 4.05. The maximum atomic E-state index is 12.3. The first-order chi connectivity index (χ1) is 10.7. The number of nitrogens with one attached hydrogen (secondary N) is 1. The normalized spacial score (nSPS) is 11.1. The van der Waals surface area contributed by atoms with Gasteiger partial charge in [0.25, 0.3) is 5.56 Å². The molecule has 1 N–H and O–H groups in total. The molecule has 0 unspecified atom stereocenters. The van der Waals surface area contributed by atoms with Crippen LogP contribution in [-0.4, -0.2) is 9.97 Å². The zero-order chi connectivity index (χ0) is 15.1. The summed E-state index contributed by atoms with van der Waals surface area (Å²) in [5, 5.41) is 2.89. The van der Waals surface area contributed by atoms with E-state index in [1.807, 2.05) is 36.4 Å². The van der Waals surface area contributed by atoms with Gasteiger partial charge >= 0.3 is 0 Å². The van der Waals surface area contributed by atoms with E-state index in [4.69, 9.17) is 0 Å². The van der Waals surface area contributed by atoms with E-state index in [-0.39, 0.29) is 5.56 Å². The van der Waals surface area contributed by atoms with Crippen molar-refractivity contribution in [1.82, 2.24) is 9.97 Å². The first-order valence-corrected chi connectivity index (χ1v) is 7.22. The van der Waals surface area contributed by atoms with Crippen LogP contribution in [0.5, 0.6) is 0 Å². The smallest absolute Gasteiger partial charge is 0.259 e. The molecule has 22 heavy (non-hydrogen) atoms. The van der Waals surface area contributed by atoms with Crippen molar-refractivity contribution >= 4 is 21.7 Å². The molecule has 4 aromatic rings. The lowest BCUT2D eigenvalue weighted by Crippen LogP contribution is -2.09. The Morgan fingerprint density at radius 2 is 1.50 bits per heavy atom. The second-order valence-electron chi connectivity index (χ2n) is 5.41. The topological polar surface area (TPSA) is 45.8 Å². The largest absolute Gasteiger partial charge is 0.306 e. The van der Waals surface area contributed by atoms with Crippen LogP contribution in [-0.2, 0) is 0 Å². The third-order valence-electron chi connectivity index (χ3n) is 4.01. The van der Waals surface area contributed by atoms with Crippen molar-refractivity contribution in [3.8, 4) is 11.4 Å². The molecule has 0 amide bonds. The van der Waals surface area contributed by atoms with Crippen molar-refractivity contribution in [2.75, 3.05) is 0 Å². The minimum Gasteiger partial charge on any atom is -0.306 e. The number of para-hydroxylation sites is 1. The maximum Gasteiger partial charge on any atom is 0.259 e. The van der Waals surface area contributed by atoms with Crippen LogP contribution in [0.1, 0.15) is 5.56 Å². The fourth-order valence-electron chi connectivity index (χ4n) is 2.87. The SMILES string of the molecule is Cc1ccc(-c2nc3ccccc3c(=O)[nH]2)c2ccccc12. The zero-order valence-corrected chi connectivity index (χ0v) is 12.1. The third kappa shape index (κ3) is 1.91. The van der Waals surface area contributed by atoms with Gasteiger partial charge in [0.1, 0.15) is 5.82 Å². The van der Waals surface area contributed by atoms with Crippen LogP contribution < -0.4 is 5.56 Å². The Balaban J connectivity index is 2.08. The fraction of sp³-hybridized carbons (Fsp3) is 0.0526. The lowest BCUT2D eigenvalue weighted by Gasteiger charge is -2.09. The molecule has 0 spiro atoms. The monoisotopic (exact) mass is 286 g/mol. The van der Waals surface area contributed by atoms with Crippen LogP contribution >= 0.6 is 0 Å². The quantitative estimate of drug-likeness (QED) is 0.573. The molecule has 1 aromatic heterocycles. The summed E-state index contributed by atoms with van der Waals surface area (Å²) in [5.41, 5.74) is 2.77. The highest BCUT2D eigenvalue weighted by molar-refractivity contribution is 5.97. The number of nitrogens with zero attached hydrogens (tertiary/aromatic N) is 1. The van der Waals surface area contributed by atoms with Crippen LogP contribution in [0, 0.1) is 6.92 Å². The lowest BCUT2D eigenvalue weighted by atomic mass is 10.00. The first-order valence-electron chi connectivity index (χ1n) is 7.22. The highest BCUT2D eigenvalue weighted by atomic mass is 16.1. The van der Waals surface area contributed by atoms with E-state index in [1.54, 1.807) is 6.07 Å². The maximum absolute atomic E-state index is 12.3. The second kappa shape index (κ2) is 4.81. The highest BCUT2D eigenvalue weighted by Crippen LogP contribution is 2.28. The highest BCUT2D eigenvalue weighted by Gasteiger charge is 2.09. The number of aryl methyl sites for hydroxylation is 1. The average molecular weight is 286 g/mol. The summed E-state index contributed by atoms with van der Waals surface area (Å²) in [6.45, 7) is 2.09. The van der Waals surface area contributed by atoms with Crippen molar-refractivity contribution in [2.45, 2.75) is 6.92 Å². The molecule has 3 aromatic carbocycles. The second-order valence-corrected chi connectivity index (χ2v) is 5.41. The number of hydrogen-bond acceptors (Lipinski definition) is 2. The summed E-state index contributed by atoms with van der Waals surface area (Å²) in [6, 6.07) is 19.7. The summed E-state index contributed by atoms with van der Waals surface area (Å²) < 4.78 is 0. The number of benzene rings is 3. The molecule has 0 aliphatic carbocycles. The molecule has 0 saturated carbocycles. The molecule has 3 nitrogen and oxygen atoms in total. The van der Waals surface area contributed by atoms with Gasteiger partial charge in [0, 0.05) is 5.56 Å². The van der Waals surface area contributed by atoms with Gasteiger partial charge in [-0.2, -0.15) is 0 Å². The van der Waals surface area contributed by atoms with E-state index in [9.17, 15) is 4.79 Å². The lowest BCUT2D eigenvalue weighted by molar-refractivity contribution is 1.18. The molecule has 0 saturated heterocycles. The zero-order valence-electron chi connectivity index (χ0n) is 12.1. The number of fused-ring (bicyclic) bond motifs is 2. The molecular formula is C19H14N2O. The Hall–Kier alpha value is -2.94. The molecular weight excluding hydrogens is 272 g/mol. The van der Waals surface area contributed by atoms with Gasteiger partial charge in [-0.3, -0.25) is 4.79 Å². The number of aromatic amines is 1. The summed E-state index contributed by atoms with van der Waals surface area (Å²) in [4.78, 5) is 19.8. The number of H-pyrrole nitrogens is 1. The van der Waals surface area contributed by atoms with Gasteiger partial charge in [-0.25, -0.2) is 4.98 Å². The van der Waals surface area contributed by atoms with E-state index in [2.05, 4.69) is 35.1 Å². The Morgan fingerprint density at radius 3 is 2.32 bits per heavy atom. The Morgan fingerprint density at radius 1 is 0.818 bits per heavy atom. The molecule has 1 heterocycles. The Kier molecular flexibility index (Phi) is 2.79. The summed E-state index contributed by atoms with van der Waals surface area (Å²) in [6.07, 6.45) is 0. The van der Waals surface area contributed by atoms with Gasteiger partial charge < -0.3 is 4.98 Å². The standard InChI is InChI=1S/C19H14N2O/c1-12-10-11-15(14-7-3-2-6-13(12)14)18-20-17-9-5-4-8-16(17)19(22)21-18/h2-11H,1H3,(H,20,21,22). The van der Waals surface area contributed by atoms with Crippen LogP contribution in [0.4, 0.5) is 0 Å². The van der Waals surface area contributed by atoms with E-state index in [1.165, 1.54) is 10.9 Å². The summed E-state index contributed by atoms with van der Waals surface area (Å²) in [7, 11) is 0. The minimum atomic E-state index is -0.106. The Labute approximate surface area is 127 Å². The van der Waals surface area contributed by atoms with Gasteiger partial charge in [0.05, 0.1) is 10.9 Å². The van der Waals surface area contributed by atoms with Crippen LogP contribution in [0.25, 0.3) is 33.1 Å². The van der Waals surface area contributed by atoms with E-state index in [0.717, 1.165) is 10.9 Å². The molecule has 4 rings (SSSR count). The van der Waals surface area contributed by atoms with Crippen molar-refractivity contribution < 1.29 is 0 Å². The third-order valence-corrected chi connectivity index (χ3v) is 4.01. The average Bonchev–Trinajstić information content (AvgIpc) is 2.55. The molecule has 0 aliphatic heterocycles. The van der Waals surface area contributed by atoms with Gasteiger partial charge in [0.2, 0.25) is 0 Å². The van der Waals surface area contributed by atoms with Crippen molar-refractivity contribution in [2.24, 2.45) is 0 Å². The van der Waals surface area contributed by atoms with Gasteiger partial charge in [0.15, 0.2) is 0 Å². The number of rotatable bonds is 1. The van der Waals surface area contributed by atoms with Gasteiger partial charge in [-0.15, -0.1) is 0 Å². The van der Waals surface area contributed by atoms with Crippen LogP contribution in [0.2, 0.25) is 0 Å². The van der Waals surface area contributed by atoms with Crippen molar-refractivity contribution in [3.05, 3.63) is 76.6 Å². The molecule has 0 bridgehead atoms. The van der Waals surface area contributed by atoms with E-state index in [0.29, 0.717) is 16.7 Å². The summed E-state index contributed by atoms with van der Waals surface area (Å²) >= 11 is 0. The molecule has 0 atom stereocenters. The van der Waals surface area contributed by atoms with Gasteiger partial charge in [-0.05, 0) is 35.4 Å². The van der Waals surface area contributed by atoms with Crippen LogP contribution in [0.3, 0.4) is 0 Å². The van der Waals surface area contributed by atoms with Crippen LogP contribution in [0.15, 0.2) is 65.5 Å². The molecule has 106 valence electrons. The predicted molar refractivity (Wildman–Crippen MR) is 90.0 cm³/mol. The van der Waals surface area contributed by atoms with E-state index >= 15 is 0 Å². The Bertz CT molecular complexity index is 1060. The molecule has 3 heteroatoms. The molecule has 0 aliphatic rings. The first kappa shape index (κ1) is 12.8. The van der Waals surface area contributed by atoms with Crippen molar-refractivity contribution in [3.63, 3.8) is 0 Å². The number of aromatic nitrogens is 2. The molecule has 0 fully saturated rings. The summed E-state index contributed by atoms with van der Waals surface area (Å²) in [5.74, 6) is 0.611.